The van der Waals surface area contributed by atoms with Gasteiger partial charge >= 0.3 is 6.09 Å². The number of nitriles is 1. The van der Waals surface area contributed by atoms with Crippen LogP contribution in [0.3, 0.4) is 0 Å². The van der Waals surface area contributed by atoms with Crippen molar-refractivity contribution in [2.75, 3.05) is 0 Å². The summed E-state index contributed by atoms with van der Waals surface area (Å²) in [7, 11) is 0. The average Bonchev–Trinajstić information content (AvgIpc) is 3.41. The van der Waals surface area contributed by atoms with E-state index in [9.17, 15) is 10.1 Å². The van der Waals surface area contributed by atoms with Crippen molar-refractivity contribution in [2.45, 2.75) is 32.9 Å². The molecule has 5 aromatic rings. The Hall–Kier alpha value is -4.13. The van der Waals surface area contributed by atoms with Crippen molar-refractivity contribution in [3.63, 3.8) is 0 Å². The van der Waals surface area contributed by atoms with E-state index in [1.807, 2.05) is 12.1 Å². The zero-order valence-corrected chi connectivity index (χ0v) is 21.6. The second-order valence-electron chi connectivity index (χ2n) is 9.21. The Morgan fingerprint density at radius 1 is 1.14 bits per heavy atom. The van der Waals surface area contributed by atoms with Crippen LogP contribution >= 0.6 is 23.2 Å². The molecule has 37 heavy (non-hydrogen) atoms. The van der Waals surface area contributed by atoms with Crippen LogP contribution in [0.4, 0.5) is 4.79 Å². The summed E-state index contributed by atoms with van der Waals surface area (Å²) in [5, 5.41) is 20.4. The molecular formula is C26H20Cl2N6O3. The predicted octanol–water partition coefficient (Wildman–Crippen LogP) is 6.58. The number of aromatic nitrogens is 5. The fourth-order valence-electron chi connectivity index (χ4n) is 3.84. The summed E-state index contributed by atoms with van der Waals surface area (Å²) < 4.78 is 14.4. The van der Waals surface area contributed by atoms with Gasteiger partial charge in [0.15, 0.2) is 11.4 Å². The third-order valence-corrected chi connectivity index (χ3v) is 5.85. The molecule has 3 heterocycles. The van der Waals surface area contributed by atoms with Gasteiger partial charge in [0.05, 0.1) is 46.0 Å². The van der Waals surface area contributed by atoms with E-state index in [-0.39, 0.29) is 6.54 Å². The Labute approximate surface area is 221 Å². The van der Waals surface area contributed by atoms with E-state index in [2.05, 4.69) is 21.3 Å². The van der Waals surface area contributed by atoms with Gasteiger partial charge in [-0.3, -0.25) is 4.68 Å². The molecule has 0 unspecified atom stereocenters. The van der Waals surface area contributed by atoms with Gasteiger partial charge in [-0.15, -0.1) is 4.68 Å². The number of hydrogen-bond donors (Lipinski definition) is 0. The molecular weight excluding hydrogens is 515 g/mol. The lowest BCUT2D eigenvalue weighted by Gasteiger charge is -2.18. The van der Waals surface area contributed by atoms with Crippen LogP contribution in [0.15, 0.2) is 54.9 Å². The standard InChI is InChI=1S/C26H20Cl2N6O3/c1-26(2,3)37-25(35)34-24-18(5-4-8-30-24)21(32-34)14-33-22-7-6-20(28)23(19(22)13-31-33)36-17-10-15(12-29)9-16(27)11-17/h4-11,13H,14H2,1-3H3. The molecule has 0 aliphatic heterocycles. The van der Waals surface area contributed by atoms with Gasteiger partial charge < -0.3 is 9.47 Å². The average molecular weight is 535 g/mol. The number of carbonyl (C=O) groups excluding carboxylic acids is 1. The van der Waals surface area contributed by atoms with Crippen molar-refractivity contribution in [2.24, 2.45) is 0 Å². The molecule has 0 amide bonds. The minimum absolute atomic E-state index is 0.248. The van der Waals surface area contributed by atoms with E-state index in [0.717, 1.165) is 5.52 Å². The van der Waals surface area contributed by atoms with Gasteiger partial charge in [0.1, 0.15) is 11.4 Å². The van der Waals surface area contributed by atoms with Crippen LogP contribution in [-0.2, 0) is 11.3 Å². The number of ether oxygens (including phenoxy) is 2. The first-order valence-electron chi connectivity index (χ1n) is 11.2. The lowest BCUT2D eigenvalue weighted by Crippen LogP contribution is -2.28. The van der Waals surface area contributed by atoms with Crippen molar-refractivity contribution in [1.82, 2.24) is 24.5 Å². The van der Waals surface area contributed by atoms with Gasteiger partial charge in [0, 0.05) is 16.6 Å². The number of benzene rings is 2. The minimum atomic E-state index is -0.685. The number of halogens is 2. The lowest BCUT2D eigenvalue weighted by atomic mass is 10.2. The second-order valence-corrected chi connectivity index (χ2v) is 10.1. The van der Waals surface area contributed by atoms with Crippen molar-refractivity contribution in [3.05, 3.63) is 76.2 Å². The molecule has 0 aliphatic carbocycles. The Morgan fingerprint density at radius 2 is 1.95 bits per heavy atom. The Bertz CT molecular complexity index is 1710. The van der Waals surface area contributed by atoms with E-state index >= 15 is 0 Å². The molecule has 3 aromatic heterocycles. The smallest absolute Gasteiger partial charge is 0.437 e. The lowest BCUT2D eigenvalue weighted by molar-refractivity contribution is 0.0521. The van der Waals surface area contributed by atoms with Crippen molar-refractivity contribution >= 4 is 51.2 Å². The highest BCUT2D eigenvalue weighted by Crippen LogP contribution is 2.38. The molecule has 0 spiro atoms. The van der Waals surface area contributed by atoms with Gasteiger partial charge in [0.25, 0.3) is 0 Å². The predicted molar refractivity (Wildman–Crippen MR) is 139 cm³/mol. The van der Waals surface area contributed by atoms with Gasteiger partial charge in [-0.05, 0) is 63.2 Å². The zero-order valence-electron chi connectivity index (χ0n) is 20.1. The SMILES string of the molecule is CC(C)(C)OC(=O)n1nc(Cn2ncc3c(Oc4cc(Cl)cc(C#N)c4)c(Cl)ccc32)c2cccnc21. The largest absolute Gasteiger partial charge is 0.455 e. The first-order chi connectivity index (χ1) is 17.6. The van der Waals surface area contributed by atoms with Crippen molar-refractivity contribution in [3.8, 4) is 17.6 Å². The van der Waals surface area contributed by atoms with Crippen LogP contribution in [-0.4, -0.2) is 36.2 Å². The zero-order chi connectivity index (χ0) is 26.3. The van der Waals surface area contributed by atoms with Crippen LogP contribution in [0.5, 0.6) is 11.5 Å². The van der Waals surface area contributed by atoms with Crippen LogP contribution in [0.2, 0.25) is 10.0 Å². The normalized spacial score (nSPS) is 11.6. The topological polar surface area (TPSA) is 108 Å². The van der Waals surface area contributed by atoms with Crippen LogP contribution in [0.1, 0.15) is 32.0 Å². The maximum atomic E-state index is 12.8. The Balaban J connectivity index is 1.53. The van der Waals surface area contributed by atoms with Gasteiger partial charge in [-0.2, -0.15) is 15.5 Å². The van der Waals surface area contributed by atoms with E-state index < -0.39 is 11.7 Å². The van der Waals surface area contributed by atoms with Crippen LogP contribution in [0.25, 0.3) is 21.9 Å². The van der Waals surface area contributed by atoms with E-state index in [1.165, 1.54) is 4.68 Å². The number of fused-ring (bicyclic) bond motifs is 2. The molecule has 186 valence electrons. The molecule has 9 nitrogen and oxygen atoms in total. The number of nitrogens with zero attached hydrogens (tertiary/aromatic N) is 6. The molecule has 0 aliphatic rings. The summed E-state index contributed by atoms with van der Waals surface area (Å²) in [6.07, 6.45) is 2.61. The summed E-state index contributed by atoms with van der Waals surface area (Å²) >= 11 is 12.6. The highest BCUT2D eigenvalue weighted by atomic mass is 35.5. The summed E-state index contributed by atoms with van der Waals surface area (Å²) in [6.45, 7) is 5.61. The highest BCUT2D eigenvalue weighted by molar-refractivity contribution is 6.33. The quantitative estimate of drug-likeness (QED) is 0.256. The minimum Gasteiger partial charge on any atom is -0.455 e. The Morgan fingerprint density at radius 3 is 2.70 bits per heavy atom. The van der Waals surface area contributed by atoms with E-state index in [4.69, 9.17) is 32.7 Å². The van der Waals surface area contributed by atoms with Gasteiger partial charge in [-0.25, -0.2) is 9.78 Å². The van der Waals surface area contributed by atoms with E-state index in [1.54, 1.807) is 68.2 Å². The molecule has 0 bridgehead atoms. The molecule has 5 rings (SSSR count). The fraction of sp³-hybridized carbons (Fsp3) is 0.192. The van der Waals surface area contributed by atoms with Gasteiger partial charge in [0.2, 0.25) is 0 Å². The maximum absolute atomic E-state index is 12.8. The molecule has 2 aromatic carbocycles. The maximum Gasteiger partial charge on any atom is 0.437 e. The summed E-state index contributed by atoms with van der Waals surface area (Å²) in [6, 6.07) is 13.9. The monoisotopic (exact) mass is 534 g/mol. The number of pyridine rings is 1. The molecule has 0 saturated heterocycles. The molecule has 0 N–H and O–H groups in total. The van der Waals surface area contributed by atoms with Crippen molar-refractivity contribution < 1.29 is 14.3 Å². The first-order valence-corrected chi connectivity index (χ1v) is 12.0. The molecule has 0 atom stereocenters. The fourth-order valence-corrected chi connectivity index (χ4v) is 4.27. The third kappa shape index (κ3) is 4.94. The summed E-state index contributed by atoms with van der Waals surface area (Å²) in [5.41, 5.74) is 1.39. The highest BCUT2D eigenvalue weighted by Gasteiger charge is 2.23. The van der Waals surface area contributed by atoms with Gasteiger partial charge in [-0.1, -0.05) is 23.2 Å². The number of rotatable bonds is 4. The number of carbonyl (C=O) groups is 1. The molecule has 0 saturated carbocycles. The first kappa shape index (κ1) is 24.6. The number of hydrogen-bond acceptors (Lipinski definition) is 7. The van der Waals surface area contributed by atoms with Crippen LogP contribution < -0.4 is 4.74 Å². The summed E-state index contributed by atoms with van der Waals surface area (Å²) in [4.78, 5) is 17.1. The molecule has 0 radical (unpaired) electrons. The summed E-state index contributed by atoms with van der Waals surface area (Å²) in [5.74, 6) is 0.752. The molecule has 0 fully saturated rings. The van der Waals surface area contributed by atoms with Crippen LogP contribution in [0, 0.1) is 11.3 Å². The van der Waals surface area contributed by atoms with Crippen molar-refractivity contribution in [1.29, 1.82) is 5.26 Å². The molecule has 11 heteroatoms. The van der Waals surface area contributed by atoms with E-state index in [0.29, 0.717) is 49.2 Å². The second kappa shape index (κ2) is 9.39. The third-order valence-electron chi connectivity index (χ3n) is 5.33. The Kier molecular flexibility index (Phi) is 6.23.